The smallest absolute Gasteiger partial charge is 0.217 e. The minimum Gasteiger partial charge on any atom is -0.490 e. The first kappa shape index (κ1) is 17.3. The lowest BCUT2D eigenvalue weighted by Crippen LogP contribution is -2.32. The number of carbonyl (C=O) groups excluding carboxylic acids is 1. The van der Waals surface area contributed by atoms with Gasteiger partial charge in [-0.2, -0.15) is 0 Å². The third-order valence-corrected chi connectivity index (χ3v) is 4.35. The summed E-state index contributed by atoms with van der Waals surface area (Å²) in [6, 6.07) is 9.49. The second-order valence-electron chi connectivity index (χ2n) is 6.36. The molecule has 1 aliphatic carbocycles. The Morgan fingerprint density at radius 1 is 1.36 bits per heavy atom. The minimum absolute atomic E-state index is 0.0875. The van der Waals surface area contributed by atoms with E-state index in [4.69, 9.17) is 14.0 Å². The van der Waals surface area contributed by atoms with E-state index in [0.29, 0.717) is 18.3 Å². The normalized spacial score (nSPS) is 20.4. The van der Waals surface area contributed by atoms with E-state index in [1.165, 1.54) is 6.92 Å². The van der Waals surface area contributed by atoms with Crippen molar-refractivity contribution >= 4 is 5.91 Å². The monoisotopic (exact) mass is 344 g/mol. The average Bonchev–Trinajstić information content (AvgIpc) is 3.01. The van der Waals surface area contributed by atoms with Crippen LogP contribution in [0.3, 0.4) is 0 Å². The number of benzene rings is 1. The van der Waals surface area contributed by atoms with Crippen molar-refractivity contribution in [2.24, 2.45) is 0 Å². The van der Waals surface area contributed by atoms with E-state index in [9.17, 15) is 4.79 Å². The Morgan fingerprint density at radius 3 is 2.76 bits per heavy atom. The lowest BCUT2D eigenvalue weighted by atomic mass is 9.80. The first-order valence-corrected chi connectivity index (χ1v) is 8.69. The summed E-state index contributed by atoms with van der Waals surface area (Å²) in [5.74, 6) is 2.48. The molecular formula is C19H24N2O4. The van der Waals surface area contributed by atoms with Crippen LogP contribution in [0.1, 0.15) is 57.0 Å². The molecule has 6 nitrogen and oxygen atoms in total. The maximum Gasteiger partial charge on any atom is 0.217 e. The van der Waals surface area contributed by atoms with Gasteiger partial charge in [0.05, 0.1) is 18.3 Å². The summed E-state index contributed by atoms with van der Waals surface area (Å²) in [4.78, 5) is 11.1. The van der Waals surface area contributed by atoms with Gasteiger partial charge >= 0.3 is 0 Å². The quantitative estimate of drug-likeness (QED) is 0.831. The Bertz CT molecular complexity index is 722. The van der Waals surface area contributed by atoms with Crippen molar-refractivity contribution in [2.45, 2.75) is 51.7 Å². The highest BCUT2D eigenvalue weighted by Gasteiger charge is 2.35. The molecule has 6 heteroatoms. The summed E-state index contributed by atoms with van der Waals surface area (Å²) in [7, 11) is 0. The maximum atomic E-state index is 11.1. The van der Waals surface area contributed by atoms with Crippen molar-refractivity contribution < 1.29 is 18.8 Å². The zero-order valence-corrected chi connectivity index (χ0v) is 14.8. The predicted octanol–water partition coefficient (Wildman–Crippen LogP) is 3.60. The molecule has 3 rings (SSSR count). The van der Waals surface area contributed by atoms with Gasteiger partial charge in [-0.1, -0.05) is 17.3 Å². The van der Waals surface area contributed by atoms with Crippen LogP contribution in [0.2, 0.25) is 0 Å². The SMILES string of the molecule is CCOc1ccccc1OC1CC(c2cc([C@H](C)NC(C)=O)on2)C1. The summed E-state index contributed by atoms with van der Waals surface area (Å²) in [5, 5.41) is 6.94. The van der Waals surface area contributed by atoms with Crippen LogP contribution < -0.4 is 14.8 Å². The van der Waals surface area contributed by atoms with E-state index in [1.54, 1.807) is 0 Å². The van der Waals surface area contributed by atoms with Crippen molar-refractivity contribution in [3.8, 4) is 11.5 Å². The van der Waals surface area contributed by atoms with E-state index < -0.39 is 0 Å². The molecule has 1 N–H and O–H groups in total. The Kier molecular flexibility index (Phi) is 5.26. The van der Waals surface area contributed by atoms with Gasteiger partial charge in [0.15, 0.2) is 17.3 Å². The van der Waals surface area contributed by atoms with E-state index in [0.717, 1.165) is 30.0 Å². The van der Waals surface area contributed by atoms with Gasteiger partial charge < -0.3 is 19.3 Å². The highest BCUT2D eigenvalue weighted by atomic mass is 16.5. The number of carbonyl (C=O) groups is 1. The molecule has 0 bridgehead atoms. The van der Waals surface area contributed by atoms with E-state index in [-0.39, 0.29) is 18.1 Å². The van der Waals surface area contributed by atoms with Crippen LogP contribution in [-0.4, -0.2) is 23.8 Å². The first-order chi connectivity index (χ1) is 12.1. The van der Waals surface area contributed by atoms with Gasteiger partial charge in [0.1, 0.15) is 6.10 Å². The highest BCUT2D eigenvalue weighted by molar-refractivity contribution is 5.73. The van der Waals surface area contributed by atoms with Crippen LogP contribution in [0.15, 0.2) is 34.9 Å². The molecule has 0 spiro atoms. The molecule has 1 heterocycles. The van der Waals surface area contributed by atoms with Crippen molar-refractivity contribution in [3.05, 3.63) is 41.8 Å². The van der Waals surface area contributed by atoms with E-state index in [1.807, 2.05) is 44.2 Å². The highest BCUT2D eigenvalue weighted by Crippen LogP contribution is 2.40. The van der Waals surface area contributed by atoms with Gasteiger partial charge in [-0.05, 0) is 38.8 Å². The third-order valence-electron chi connectivity index (χ3n) is 4.35. The van der Waals surface area contributed by atoms with Crippen LogP contribution in [0, 0.1) is 0 Å². The van der Waals surface area contributed by atoms with Crippen molar-refractivity contribution in [1.82, 2.24) is 10.5 Å². The molecule has 1 fully saturated rings. The van der Waals surface area contributed by atoms with Crippen LogP contribution in [-0.2, 0) is 4.79 Å². The molecule has 1 aliphatic rings. The summed E-state index contributed by atoms with van der Waals surface area (Å²) in [6.45, 7) is 5.94. The zero-order valence-electron chi connectivity index (χ0n) is 14.8. The standard InChI is InChI=1S/C19H24N2O4/c1-4-23-17-7-5-6-8-18(17)24-15-9-14(10-15)16-11-19(25-21-16)12(2)20-13(3)22/h5-8,11-12,14-15H,4,9-10H2,1-3H3,(H,20,22)/t12-,14?,15?/m0/s1. The van der Waals surface area contributed by atoms with Gasteiger partial charge in [0, 0.05) is 18.9 Å². The Labute approximate surface area is 147 Å². The molecule has 1 atom stereocenters. The Morgan fingerprint density at radius 2 is 2.08 bits per heavy atom. The van der Waals surface area contributed by atoms with Crippen LogP contribution >= 0.6 is 0 Å². The second-order valence-corrected chi connectivity index (χ2v) is 6.36. The Hall–Kier alpha value is -2.50. The number of hydrogen-bond donors (Lipinski definition) is 1. The summed E-state index contributed by atoms with van der Waals surface area (Å²) >= 11 is 0. The van der Waals surface area contributed by atoms with Gasteiger partial charge in [0.25, 0.3) is 0 Å². The lowest BCUT2D eigenvalue weighted by Gasteiger charge is -2.34. The number of ether oxygens (including phenoxy) is 2. The fourth-order valence-corrected chi connectivity index (χ4v) is 2.98. The van der Waals surface area contributed by atoms with Crippen molar-refractivity contribution in [1.29, 1.82) is 0 Å². The number of para-hydroxylation sites is 2. The van der Waals surface area contributed by atoms with Crippen molar-refractivity contribution in [3.63, 3.8) is 0 Å². The molecule has 1 amide bonds. The van der Waals surface area contributed by atoms with Crippen LogP contribution in [0.5, 0.6) is 11.5 Å². The molecule has 1 saturated carbocycles. The predicted molar refractivity (Wildman–Crippen MR) is 92.7 cm³/mol. The first-order valence-electron chi connectivity index (χ1n) is 8.69. The molecule has 2 aromatic rings. The number of nitrogens with zero attached hydrogens (tertiary/aromatic N) is 1. The van der Waals surface area contributed by atoms with Gasteiger partial charge in [0.2, 0.25) is 5.91 Å². The molecule has 0 saturated heterocycles. The third kappa shape index (κ3) is 4.13. The fourth-order valence-electron chi connectivity index (χ4n) is 2.98. The maximum absolute atomic E-state index is 11.1. The van der Waals surface area contributed by atoms with Crippen LogP contribution in [0.25, 0.3) is 0 Å². The Balaban J connectivity index is 1.55. The van der Waals surface area contributed by atoms with E-state index >= 15 is 0 Å². The van der Waals surface area contributed by atoms with Gasteiger partial charge in [-0.25, -0.2) is 0 Å². The number of nitrogens with one attached hydrogen (secondary N) is 1. The molecule has 134 valence electrons. The topological polar surface area (TPSA) is 73.6 Å². The van der Waals surface area contributed by atoms with Gasteiger partial charge in [-0.15, -0.1) is 0 Å². The summed E-state index contributed by atoms with van der Waals surface area (Å²) < 4.78 is 17.0. The molecule has 1 aromatic carbocycles. The summed E-state index contributed by atoms with van der Waals surface area (Å²) in [5.41, 5.74) is 0.921. The molecule has 0 aliphatic heterocycles. The molecule has 0 unspecified atom stereocenters. The zero-order chi connectivity index (χ0) is 17.8. The number of amides is 1. The second kappa shape index (κ2) is 7.59. The average molecular weight is 344 g/mol. The molecular weight excluding hydrogens is 320 g/mol. The molecule has 25 heavy (non-hydrogen) atoms. The fraction of sp³-hybridized carbons (Fsp3) is 0.474. The largest absolute Gasteiger partial charge is 0.490 e. The number of aromatic nitrogens is 1. The minimum atomic E-state index is -0.177. The van der Waals surface area contributed by atoms with Crippen LogP contribution in [0.4, 0.5) is 0 Å². The van der Waals surface area contributed by atoms with E-state index in [2.05, 4.69) is 10.5 Å². The number of hydrogen-bond acceptors (Lipinski definition) is 5. The van der Waals surface area contributed by atoms with Gasteiger partial charge in [-0.3, -0.25) is 4.79 Å². The van der Waals surface area contributed by atoms with Crippen molar-refractivity contribution in [2.75, 3.05) is 6.61 Å². The summed E-state index contributed by atoms with van der Waals surface area (Å²) in [6.07, 6.45) is 1.93. The molecule has 0 radical (unpaired) electrons. The lowest BCUT2D eigenvalue weighted by molar-refractivity contribution is -0.119. The number of rotatable bonds is 7. The molecule has 1 aromatic heterocycles.